The van der Waals surface area contributed by atoms with Crippen molar-refractivity contribution in [2.24, 2.45) is 11.8 Å². The first-order chi connectivity index (χ1) is 11.0. The van der Waals surface area contributed by atoms with Crippen molar-refractivity contribution in [3.8, 4) is 0 Å². The van der Waals surface area contributed by atoms with Crippen LogP contribution in [0.15, 0.2) is 24.3 Å². The molecule has 124 valence electrons. The Bertz CT molecular complexity index is 612. The summed E-state index contributed by atoms with van der Waals surface area (Å²) in [6.07, 6.45) is 2.21. The summed E-state index contributed by atoms with van der Waals surface area (Å²) < 4.78 is 19.0. The molecule has 1 amide bonds. The molecule has 1 heterocycles. The number of rotatable bonds is 4. The van der Waals surface area contributed by atoms with Crippen LogP contribution in [0.5, 0.6) is 0 Å². The number of amides is 1. The molecule has 0 aromatic heterocycles. The van der Waals surface area contributed by atoms with E-state index < -0.39 is 23.3 Å². The number of carboxylic acid groups (broad SMARTS) is 1. The van der Waals surface area contributed by atoms with Gasteiger partial charge in [-0.3, -0.25) is 9.59 Å². The van der Waals surface area contributed by atoms with Gasteiger partial charge < -0.3 is 15.2 Å². The first kappa shape index (κ1) is 15.9. The number of ether oxygens (including phenoxy) is 1. The van der Waals surface area contributed by atoms with Crippen molar-refractivity contribution in [2.45, 2.75) is 31.2 Å². The van der Waals surface area contributed by atoms with Crippen molar-refractivity contribution in [3.63, 3.8) is 0 Å². The minimum atomic E-state index is -0.928. The molecule has 3 rings (SSSR count). The zero-order valence-corrected chi connectivity index (χ0v) is 12.8. The summed E-state index contributed by atoms with van der Waals surface area (Å²) in [5, 5.41) is 12.1. The van der Waals surface area contributed by atoms with Gasteiger partial charge in [-0.05, 0) is 43.4 Å². The summed E-state index contributed by atoms with van der Waals surface area (Å²) in [4.78, 5) is 23.7. The predicted molar refractivity (Wildman–Crippen MR) is 80.1 cm³/mol. The molecule has 1 aliphatic heterocycles. The zero-order valence-electron chi connectivity index (χ0n) is 12.8. The quantitative estimate of drug-likeness (QED) is 0.890. The molecule has 1 saturated carbocycles. The molecule has 2 unspecified atom stereocenters. The first-order valence-corrected chi connectivity index (χ1v) is 7.90. The van der Waals surface area contributed by atoms with E-state index in [1.165, 1.54) is 12.1 Å². The van der Waals surface area contributed by atoms with Gasteiger partial charge >= 0.3 is 5.97 Å². The number of aliphatic carboxylic acids is 1. The topological polar surface area (TPSA) is 75.6 Å². The lowest BCUT2D eigenvalue weighted by Crippen LogP contribution is -2.54. The van der Waals surface area contributed by atoms with E-state index >= 15 is 0 Å². The highest BCUT2D eigenvalue weighted by atomic mass is 19.1. The van der Waals surface area contributed by atoms with E-state index in [9.17, 15) is 14.0 Å². The molecule has 5 nitrogen and oxygen atoms in total. The average Bonchev–Trinajstić information content (AvgIpc) is 2.46. The van der Waals surface area contributed by atoms with Gasteiger partial charge in [-0.2, -0.15) is 0 Å². The van der Waals surface area contributed by atoms with Crippen LogP contribution in [0.25, 0.3) is 0 Å². The van der Waals surface area contributed by atoms with Crippen molar-refractivity contribution in [2.75, 3.05) is 13.2 Å². The molecular weight excluding hydrogens is 301 g/mol. The van der Waals surface area contributed by atoms with Crippen molar-refractivity contribution >= 4 is 11.9 Å². The van der Waals surface area contributed by atoms with Crippen LogP contribution in [0, 0.1) is 17.7 Å². The standard InChI is InChI=1S/C17H20FNO4/c18-12-3-1-2-11(10-12)17(6-8-23-9-7-17)19-15(20)13-4-5-14(13)16(21)22/h1-3,10,13-14H,4-9H2,(H,19,20)(H,21,22). The summed E-state index contributed by atoms with van der Waals surface area (Å²) >= 11 is 0. The number of hydrogen-bond donors (Lipinski definition) is 2. The average molecular weight is 321 g/mol. The summed E-state index contributed by atoms with van der Waals surface area (Å²) in [5.74, 6) is -2.65. The summed E-state index contributed by atoms with van der Waals surface area (Å²) in [6, 6.07) is 6.22. The molecule has 0 radical (unpaired) electrons. The minimum absolute atomic E-state index is 0.255. The van der Waals surface area contributed by atoms with E-state index in [-0.39, 0.29) is 11.7 Å². The SMILES string of the molecule is O=C(O)C1CCC1C(=O)NC1(c2cccc(F)c2)CCOCC1. The van der Waals surface area contributed by atoms with Crippen LogP contribution < -0.4 is 5.32 Å². The molecule has 1 saturated heterocycles. The Labute approximate surface area is 133 Å². The van der Waals surface area contributed by atoms with E-state index in [2.05, 4.69) is 5.32 Å². The minimum Gasteiger partial charge on any atom is -0.481 e. The summed E-state index contributed by atoms with van der Waals surface area (Å²) in [7, 11) is 0. The van der Waals surface area contributed by atoms with Gasteiger partial charge in [0.2, 0.25) is 5.91 Å². The van der Waals surface area contributed by atoms with E-state index in [1.807, 2.05) is 0 Å². The Morgan fingerprint density at radius 2 is 1.91 bits per heavy atom. The number of carboxylic acids is 1. The fraction of sp³-hybridized carbons (Fsp3) is 0.529. The molecule has 6 heteroatoms. The van der Waals surface area contributed by atoms with Gasteiger partial charge in [0.05, 0.1) is 17.4 Å². The maximum atomic E-state index is 13.6. The molecule has 2 aliphatic rings. The summed E-state index contributed by atoms with van der Waals surface area (Å²) in [5.41, 5.74) is 0.0242. The van der Waals surface area contributed by atoms with E-state index in [0.29, 0.717) is 44.5 Å². The van der Waals surface area contributed by atoms with Crippen LogP contribution in [0.4, 0.5) is 4.39 Å². The van der Waals surface area contributed by atoms with Gasteiger partial charge in [0.25, 0.3) is 0 Å². The van der Waals surface area contributed by atoms with Crippen LogP contribution >= 0.6 is 0 Å². The summed E-state index contributed by atoms with van der Waals surface area (Å²) in [6.45, 7) is 0.952. The Morgan fingerprint density at radius 3 is 2.48 bits per heavy atom. The first-order valence-electron chi connectivity index (χ1n) is 7.90. The number of nitrogens with one attached hydrogen (secondary N) is 1. The van der Waals surface area contributed by atoms with Crippen LogP contribution in [0.2, 0.25) is 0 Å². The third kappa shape index (κ3) is 3.08. The lowest BCUT2D eigenvalue weighted by Gasteiger charge is -2.41. The molecule has 1 aromatic carbocycles. The molecule has 1 aliphatic carbocycles. The molecule has 2 atom stereocenters. The van der Waals surface area contributed by atoms with Gasteiger partial charge in [0, 0.05) is 13.2 Å². The second-order valence-corrected chi connectivity index (χ2v) is 6.32. The highest BCUT2D eigenvalue weighted by Gasteiger charge is 2.45. The van der Waals surface area contributed by atoms with Crippen LogP contribution in [-0.4, -0.2) is 30.2 Å². The second-order valence-electron chi connectivity index (χ2n) is 6.32. The van der Waals surface area contributed by atoms with Crippen LogP contribution in [-0.2, 0) is 19.9 Å². The van der Waals surface area contributed by atoms with Gasteiger partial charge in [-0.15, -0.1) is 0 Å². The lowest BCUT2D eigenvalue weighted by atomic mass is 9.72. The van der Waals surface area contributed by atoms with Crippen LogP contribution in [0.1, 0.15) is 31.2 Å². The van der Waals surface area contributed by atoms with Gasteiger partial charge in [0.15, 0.2) is 0 Å². The molecule has 0 spiro atoms. The van der Waals surface area contributed by atoms with E-state index in [4.69, 9.17) is 9.84 Å². The van der Waals surface area contributed by atoms with Crippen molar-refractivity contribution in [3.05, 3.63) is 35.6 Å². The Kier molecular flexibility index (Phi) is 4.35. The number of halogens is 1. The van der Waals surface area contributed by atoms with E-state index in [1.54, 1.807) is 12.1 Å². The zero-order chi connectivity index (χ0) is 16.4. The number of hydrogen-bond acceptors (Lipinski definition) is 3. The number of benzene rings is 1. The molecule has 0 bridgehead atoms. The fourth-order valence-electron chi connectivity index (χ4n) is 3.43. The second kappa shape index (κ2) is 6.28. The van der Waals surface area contributed by atoms with Gasteiger partial charge in [-0.25, -0.2) is 4.39 Å². The highest BCUT2D eigenvalue weighted by Crippen LogP contribution is 2.38. The molecule has 23 heavy (non-hydrogen) atoms. The smallest absolute Gasteiger partial charge is 0.307 e. The molecular formula is C17H20FNO4. The third-order valence-electron chi connectivity index (χ3n) is 5.01. The van der Waals surface area contributed by atoms with Crippen molar-refractivity contribution in [1.82, 2.24) is 5.32 Å². The number of carbonyl (C=O) groups is 2. The molecule has 2 N–H and O–H groups in total. The van der Waals surface area contributed by atoms with Gasteiger partial charge in [0.1, 0.15) is 5.82 Å². The Morgan fingerprint density at radius 1 is 1.22 bits per heavy atom. The van der Waals surface area contributed by atoms with Crippen LogP contribution in [0.3, 0.4) is 0 Å². The van der Waals surface area contributed by atoms with Crippen molar-refractivity contribution < 1.29 is 23.8 Å². The third-order valence-corrected chi connectivity index (χ3v) is 5.01. The lowest BCUT2D eigenvalue weighted by molar-refractivity contribution is -0.153. The maximum absolute atomic E-state index is 13.6. The molecule has 1 aromatic rings. The monoisotopic (exact) mass is 321 g/mol. The fourth-order valence-corrected chi connectivity index (χ4v) is 3.43. The highest BCUT2D eigenvalue weighted by molar-refractivity contribution is 5.86. The number of carbonyl (C=O) groups excluding carboxylic acids is 1. The molecule has 2 fully saturated rings. The predicted octanol–water partition coefficient (Wildman–Crippen LogP) is 2.06. The van der Waals surface area contributed by atoms with Crippen molar-refractivity contribution in [1.29, 1.82) is 0 Å². The largest absolute Gasteiger partial charge is 0.481 e. The Hall–Kier alpha value is -1.95. The normalized spacial score (nSPS) is 26.1. The van der Waals surface area contributed by atoms with Gasteiger partial charge in [-0.1, -0.05) is 12.1 Å². The maximum Gasteiger partial charge on any atom is 0.307 e. The Balaban J connectivity index is 1.82. The van der Waals surface area contributed by atoms with E-state index in [0.717, 1.165) is 0 Å².